The second-order valence-corrected chi connectivity index (χ2v) is 11.1. The maximum absolute atomic E-state index is 12.6. The molecule has 0 saturated carbocycles. The van der Waals surface area contributed by atoms with Crippen molar-refractivity contribution >= 4 is 55.3 Å². The third-order valence-electron chi connectivity index (χ3n) is 6.80. The minimum absolute atomic E-state index is 0. The van der Waals surface area contributed by atoms with Crippen molar-refractivity contribution in [2.75, 3.05) is 13.1 Å². The van der Waals surface area contributed by atoms with Crippen molar-refractivity contribution in [3.05, 3.63) is 60.7 Å². The quantitative estimate of drug-likeness (QED) is 0.366. The molecule has 5 nitrogen and oxygen atoms in total. The zero-order valence-corrected chi connectivity index (χ0v) is 25.2. The van der Waals surface area contributed by atoms with Gasteiger partial charge in [-0.3, -0.25) is 9.78 Å². The second-order valence-electron chi connectivity index (χ2n) is 8.93. The van der Waals surface area contributed by atoms with E-state index in [0.29, 0.717) is 38.3 Å². The molecule has 1 aromatic heterocycles. The number of carbonyl (C=O) groups is 2. The first kappa shape index (κ1) is 28.1. The number of aromatic nitrogens is 1. The number of fused-ring (bicyclic) bond motifs is 2. The fourth-order valence-electron chi connectivity index (χ4n) is 5.22. The topological polar surface area (TPSA) is 73.3 Å². The molecule has 0 radical (unpaired) electrons. The van der Waals surface area contributed by atoms with Gasteiger partial charge >= 0.3 is 29.6 Å². The zero-order valence-electron chi connectivity index (χ0n) is 19.3. The Labute approximate surface area is 244 Å². The number of hydrogen-bond donors (Lipinski definition) is 0. The average molecular weight is 621 g/mol. The number of amides is 1. The van der Waals surface area contributed by atoms with E-state index in [1.165, 1.54) is 16.7 Å². The number of pyridine rings is 1. The number of nitrogens with zero attached hydrogens (tertiary/aromatic N) is 2. The minimum Gasteiger partial charge on any atom is -0.550 e. The van der Waals surface area contributed by atoms with Crippen LogP contribution in [0.4, 0.5) is 0 Å². The van der Waals surface area contributed by atoms with Gasteiger partial charge in [-0.05, 0) is 102 Å². The number of carboxylic acid groups (broad SMARTS) is 1. The summed E-state index contributed by atoms with van der Waals surface area (Å²) in [6.45, 7) is 1.43. The van der Waals surface area contributed by atoms with Crippen LogP contribution in [-0.2, 0) is 22.4 Å². The Kier molecular flexibility index (Phi) is 10.5. The molecule has 34 heavy (non-hydrogen) atoms. The van der Waals surface area contributed by atoms with Crippen molar-refractivity contribution in [2.45, 2.75) is 57.3 Å². The van der Waals surface area contributed by atoms with E-state index in [0.717, 1.165) is 45.3 Å². The first-order chi connectivity index (χ1) is 15.8. The zero-order chi connectivity index (χ0) is 23.5. The van der Waals surface area contributed by atoms with Crippen molar-refractivity contribution in [1.82, 2.24) is 9.88 Å². The number of unbranched alkanes of at least 4 members (excludes halogenated alkanes) is 1. The van der Waals surface area contributed by atoms with Crippen LogP contribution in [0.25, 0.3) is 0 Å². The van der Waals surface area contributed by atoms with Crippen LogP contribution in [0.3, 0.4) is 0 Å². The number of halogens is 3. The Balaban J connectivity index is 0.00000324. The predicted molar refractivity (Wildman–Crippen MR) is 133 cm³/mol. The van der Waals surface area contributed by atoms with Crippen molar-refractivity contribution in [1.29, 1.82) is 0 Å². The fourth-order valence-corrected chi connectivity index (χ4v) is 6.72. The van der Waals surface area contributed by atoms with Gasteiger partial charge in [-0.1, -0.05) is 27.5 Å². The summed E-state index contributed by atoms with van der Waals surface area (Å²) in [7, 11) is 0. The first-order valence-corrected chi connectivity index (χ1v) is 13.4. The van der Waals surface area contributed by atoms with Gasteiger partial charge in [-0.15, -0.1) is 0 Å². The van der Waals surface area contributed by atoms with E-state index in [1.54, 1.807) is 0 Å². The van der Waals surface area contributed by atoms with Gasteiger partial charge in [0.1, 0.15) is 0 Å². The van der Waals surface area contributed by atoms with Gasteiger partial charge in [0.05, 0.1) is 5.69 Å². The normalized spacial score (nSPS) is 17.9. The molecule has 9 heteroatoms. The van der Waals surface area contributed by atoms with E-state index < -0.39 is 5.97 Å². The molecular weight excluding hydrogens is 595 g/mol. The number of aryl methyl sites for hydroxylation is 2. The summed E-state index contributed by atoms with van der Waals surface area (Å²) in [5.74, 6) is -0.421. The van der Waals surface area contributed by atoms with Crippen LogP contribution in [0.1, 0.15) is 66.8 Å². The van der Waals surface area contributed by atoms with E-state index in [9.17, 15) is 14.7 Å². The molecule has 0 N–H and O–H groups in total. The standard InChI is InChI=1S/C25H27Br2ClN2O3.Na/c26-18-11-17-6-5-16-12-19(28)13-20(27)23(16)24(25(17)29-14-18)15-7-9-30(10-8-15)21(31)3-1-2-4-22(32)33;/h11-15,24H,1-10H2,(H,32,33);/q;+1/p-1. The molecule has 1 atom stereocenters. The Morgan fingerprint density at radius 2 is 1.74 bits per heavy atom. The average Bonchev–Trinajstić information content (AvgIpc) is 2.93. The predicted octanol–water partition coefficient (Wildman–Crippen LogP) is 2.04. The van der Waals surface area contributed by atoms with Gasteiger partial charge in [-0.2, -0.15) is 0 Å². The molecule has 1 aliphatic carbocycles. The Morgan fingerprint density at radius 1 is 1.06 bits per heavy atom. The van der Waals surface area contributed by atoms with E-state index in [1.807, 2.05) is 17.2 Å². The summed E-state index contributed by atoms with van der Waals surface area (Å²) in [6.07, 6.45) is 7.00. The second kappa shape index (κ2) is 12.7. The molecule has 0 spiro atoms. The number of aliphatic carboxylic acids is 1. The van der Waals surface area contributed by atoms with Crippen LogP contribution in [0.2, 0.25) is 5.02 Å². The monoisotopic (exact) mass is 618 g/mol. The van der Waals surface area contributed by atoms with E-state index in [-0.39, 0.29) is 47.8 Å². The molecule has 2 aromatic rings. The SMILES string of the molecule is O=C([O-])CCCCC(=O)N1CCC(C2c3ncc(Br)cc3CCc3cc(Cl)cc(Br)c32)CC1.[Na+]. The molecule has 1 aliphatic heterocycles. The molecule has 176 valence electrons. The summed E-state index contributed by atoms with van der Waals surface area (Å²) in [5, 5.41) is 11.3. The number of carbonyl (C=O) groups excluding carboxylic acids is 2. The molecule has 0 bridgehead atoms. The van der Waals surface area contributed by atoms with Gasteiger partial charge in [-0.25, -0.2) is 0 Å². The maximum Gasteiger partial charge on any atom is 1.00 e. The molecule has 2 aliphatic rings. The number of carboxylic acids is 1. The summed E-state index contributed by atoms with van der Waals surface area (Å²) in [6, 6.07) is 6.24. The summed E-state index contributed by atoms with van der Waals surface area (Å²) in [5.41, 5.74) is 4.94. The summed E-state index contributed by atoms with van der Waals surface area (Å²) < 4.78 is 2.01. The minimum atomic E-state index is -1.06. The van der Waals surface area contributed by atoms with Gasteiger partial charge < -0.3 is 14.8 Å². The van der Waals surface area contributed by atoms with Crippen molar-refractivity contribution < 1.29 is 44.3 Å². The number of rotatable bonds is 6. The van der Waals surface area contributed by atoms with Crippen LogP contribution >= 0.6 is 43.5 Å². The van der Waals surface area contributed by atoms with E-state index in [2.05, 4.69) is 44.0 Å². The number of likely N-dealkylation sites (tertiary alicyclic amines) is 1. The summed E-state index contributed by atoms with van der Waals surface area (Å²) in [4.78, 5) is 30.0. The number of piperidine rings is 1. The van der Waals surface area contributed by atoms with Crippen LogP contribution < -0.4 is 34.7 Å². The first-order valence-electron chi connectivity index (χ1n) is 11.4. The Hall–Kier alpha value is -0.440. The van der Waals surface area contributed by atoms with Crippen molar-refractivity contribution in [2.24, 2.45) is 5.92 Å². The molecule has 1 unspecified atom stereocenters. The van der Waals surface area contributed by atoms with Gasteiger partial charge in [0, 0.05) is 51.6 Å². The number of benzene rings is 1. The fraction of sp³-hybridized carbons (Fsp3) is 0.480. The Morgan fingerprint density at radius 3 is 2.44 bits per heavy atom. The number of hydrogen-bond acceptors (Lipinski definition) is 4. The molecule has 1 amide bonds. The van der Waals surface area contributed by atoms with Crippen LogP contribution in [0.5, 0.6) is 0 Å². The largest absolute Gasteiger partial charge is 1.00 e. The van der Waals surface area contributed by atoms with Crippen molar-refractivity contribution in [3.8, 4) is 0 Å². The van der Waals surface area contributed by atoms with Gasteiger partial charge in [0.15, 0.2) is 0 Å². The van der Waals surface area contributed by atoms with Gasteiger partial charge in [0.25, 0.3) is 0 Å². The van der Waals surface area contributed by atoms with Crippen LogP contribution in [-0.4, -0.2) is 34.8 Å². The molecular formula is C25H26Br2ClN2NaO3. The smallest absolute Gasteiger partial charge is 0.550 e. The van der Waals surface area contributed by atoms with E-state index >= 15 is 0 Å². The van der Waals surface area contributed by atoms with E-state index in [4.69, 9.17) is 16.6 Å². The maximum atomic E-state index is 12.6. The molecule has 2 heterocycles. The summed E-state index contributed by atoms with van der Waals surface area (Å²) >= 11 is 13.8. The van der Waals surface area contributed by atoms with Crippen molar-refractivity contribution in [3.63, 3.8) is 0 Å². The molecule has 1 saturated heterocycles. The Bertz CT molecular complexity index is 1060. The molecule has 4 rings (SSSR count). The third-order valence-corrected chi connectivity index (χ3v) is 8.11. The molecule has 1 fully saturated rings. The van der Waals surface area contributed by atoms with Crippen LogP contribution in [0.15, 0.2) is 33.3 Å². The molecule has 1 aromatic carbocycles. The van der Waals surface area contributed by atoms with Gasteiger partial charge in [0.2, 0.25) is 5.91 Å². The third kappa shape index (κ3) is 6.65. The van der Waals surface area contributed by atoms with Crippen LogP contribution in [0, 0.1) is 5.92 Å².